The van der Waals surface area contributed by atoms with Crippen LogP contribution in [-0.2, 0) is 11.3 Å². The van der Waals surface area contributed by atoms with E-state index in [9.17, 15) is 14.9 Å². The SMILES string of the molecule is COc1ccc(C(=O)OCc2ccccc2C#N)cc1[N+](=O)[O-]. The van der Waals surface area contributed by atoms with Crippen LogP contribution in [0.4, 0.5) is 5.69 Å². The van der Waals surface area contributed by atoms with Crippen molar-refractivity contribution >= 4 is 11.7 Å². The van der Waals surface area contributed by atoms with Crippen LogP contribution < -0.4 is 4.74 Å². The average Bonchev–Trinajstić information content (AvgIpc) is 2.59. The summed E-state index contributed by atoms with van der Waals surface area (Å²) < 4.78 is 9.98. The summed E-state index contributed by atoms with van der Waals surface area (Å²) in [5.74, 6) is -0.662. The highest BCUT2D eigenvalue weighted by atomic mass is 16.6. The van der Waals surface area contributed by atoms with Gasteiger partial charge in [0.15, 0.2) is 5.75 Å². The molecule has 2 rings (SSSR count). The van der Waals surface area contributed by atoms with Crippen molar-refractivity contribution in [2.24, 2.45) is 0 Å². The number of hydrogen-bond acceptors (Lipinski definition) is 6. The zero-order valence-electron chi connectivity index (χ0n) is 12.2. The number of carbonyl (C=O) groups excluding carboxylic acids is 1. The van der Waals surface area contributed by atoms with Crippen LogP contribution in [0.1, 0.15) is 21.5 Å². The lowest BCUT2D eigenvalue weighted by Crippen LogP contribution is -2.07. The summed E-state index contributed by atoms with van der Waals surface area (Å²) in [5, 5.41) is 19.9. The first-order chi connectivity index (χ1) is 11.1. The summed E-state index contributed by atoms with van der Waals surface area (Å²) in [4.78, 5) is 22.3. The average molecular weight is 312 g/mol. The van der Waals surface area contributed by atoms with Crippen molar-refractivity contribution in [1.82, 2.24) is 0 Å². The number of nitro benzene ring substituents is 1. The molecule has 0 bridgehead atoms. The third-order valence-electron chi connectivity index (χ3n) is 3.11. The third-order valence-corrected chi connectivity index (χ3v) is 3.11. The number of carbonyl (C=O) groups is 1. The first-order valence-corrected chi connectivity index (χ1v) is 6.54. The minimum atomic E-state index is -0.719. The van der Waals surface area contributed by atoms with E-state index in [1.54, 1.807) is 24.3 Å². The number of hydrogen-bond donors (Lipinski definition) is 0. The molecule has 0 aliphatic carbocycles. The molecule has 2 aromatic carbocycles. The van der Waals surface area contributed by atoms with E-state index in [1.165, 1.54) is 19.2 Å². The van der Waals surface area contributed by atoms with E-state index in [0.717, 1.165) is 6.07 Å². The summed E-state index contributed by atoms with van der Waals surface area (Å²) in [6.07, 6.45) is 0. The lowest BCUT2D eigenvalue weighted by molar-refractivity contribution is -0.385. The number of methoxy groups -OCH3 is 1. The number of ether oxygens (including phenoxy) is 2. The van der Waals surface area contributed by atoms with E-state index in [0.29, 0.717) is 11.1 Å². The summed E-state index contributed by atoms with van der Waals surface area (Å²) in [6, 6.07) is 12.5. The molecule has 0 spiro atoms. The molecular weight excluding hydrogens is 300 g/mol. The molecule has 0 unspecified atom stereocenters. The number of nitro groups is 1. The summed E-state index contributed by atoms with van der Waals surface area (Å²) in [5.41, 5.74) is 0.679. The fourth-order valence-corrected chi connectivity index (χ4v) is 1.94. The monoisotopic (exact) mass is 312 g/mol. The van der Waals surface area contributed by atoms with E-state index in [1.807, 2.05) is 6.07 Å². The second kappa shape index (κ2) is 7.04. The van der Waals surface area contributed by atoms with E-state index in [4.69, 9.17) is 14.7 Å². The molecule has 0 aromatic heterocycles. The number of rotatable bonds is 5. The van der Waals surface area contributed by atoms with Gasteiger partial charge in [0.2, 0.25) is 0 Å². The molecule has 0 aliphatic rings. The van der Waals surface area contributed by atoms with Gasteiger partial charge in [-0.2, -0.15) is 5.26 Å². The lowest BCUT2D eigenvalue weighted by atomic mass is 10.1. The van der Waals surface area contributed by atoms with E-state index < -0.39 is 10.9 Å². The maximum Gasteiger partial charge on any atom is 0.338 e. The normalized spacial score (nSPS) is 9.74. The van der Waals surface area contributed by atoms with Gasteiger partial charge in [-0.3, -0.25) is 10.1 Å². The van der Waals surface area contributed by atoms with Crippen molar-refractivity contribution < 1.29 is 19.2 Å². The Morgan fingerprint density at radius 3 is 2.70 bits per heavy atom. The molecule has 0 amide bonds. The zero-order valence-corrected chi connectivity index (χ0v) is 12.2. The van der Waals surface area contributed by atoms with Crippen molar-refractivity contribution in [2.45, 2.75) is 6.61 Å². The van der Waals surface area contributed by atoms with Gasteiger partial charge in [-0.25, -0.2) is 4.79 Å². The van der Waals surface area contributed by atoms with Crippen molar-refractivity contribution in [3.8, 4) is 11.8 Å². The van der Waals surface area contributed by atoms with Crippen LogP contribution in [0.5, 0.6) is 5.75 Å². The molecule has 23 heavy (non-hydrogen) atoms. The molecule has 0 atom stereocenters. The summed E-state index contributed by atoms with van der Waals surface area (Å²) in [7, 11) is 1.30. The molecule has 7 nitrogen and oxygen atoms in total. The van der Waals surface area contributed by atoms with Crippen LogP contribution in [0.2, 0.25) is 0 Å². The van der Waals surface area contributed by atoms with Crippen LogP contribution in [0.15, 0.2) is 42.5 Å². The van der Waals surface area contributed by atoms with Gasteiger partial charge in [0.05, 0.1) is 29.2 Å². The number of esters is 1. The highest BCUT2D eigenvalue weighted by Crippen LogP contribution is 2.27. The molecule has 116 valence electrons. The van der Waals surface area contributed by atoms with Gasteiger partial charge >= 0.3 is 11.7 Å². The fourth-order valence-electron chi connectivity index (χ4n) is 1.94. The highest BCUT2D eigenvalue weighted by Gasteiger charge is 2.19. The predicted octanol–water partition coefficient (Wildman–Crippen LogP) is 2.83. The standard InChI is InChI=1S/C16H12N2O5/c1-22-15-7-6-11(8-14(15)18(20)21)16(19)23-10-13-5-3-2-4-12(13)9-17/h2-8H,10H2,1H3. The molecule has 0 aliphatic heterocycles. The Balaban J connectivity index is 2.17. The molecule has 7 heteroatoms. The Morgan fingerprint density at radius 1 is 1.30 bits per heavy atom. The minimum absolute atomic E-state index is 0.0342. The van der Waals surface area contributed by atoms with E-state index >= 15 is 0 Å². The molecule has 0 saturated carbocycles. The molecular formula is C16H12N2O5. The van der Waals surface area contributed by atoms with Gasteiger partial charge in [-0.1, -0.05) is 18.2 Å². The largest absolute Gasteiger partial charge is 0.490 e. The Labute approximate surface area is 131 Å². The number of nitrogens with zero attached hydrogens (tertiary/aromatic N) is 2. The molecule has 0 heterocycles. The molecule has 0 fully saturated rings. The van der Waals surface area contributed by atoms with Crippen molar-refractivity contribution in [3.63, 3.8) is 0 Å². The van der Waals surface area contributed by atoms with Crippen molar-refractivity contribution in [1.29, 1.82) is 5.26 Å². The lowest BCUT2D eigenvalue weighted by Gasteiger charge is -2.07. The first kappa shape index (κ1) is 16.0. The molecule has 0 N–H and O–H groups in total. The van der Waals surface area contributed by atoms with Gasteiger partial charge in [0.1, 0.15) is 6.61 Å². The highest BCUT2D eigenvalue weighted by molar-refractivity contribution is 5.90. The topological polar surface area (TPSA) is 102 Å². The van der Waals surface area contributed by atoms with Crippen LogP contribution in [0.3, 0.4) is 0 Å². The summed E-state index contributed by atoms with van der Waals surface area (Å²) in [6.45, 7) is -0.0948. The number of benzene rings is 2. The van der Waals surface area contributed by atoms with Crippen LogP contribution in [-0.4, -0.2) is 18.0 Å². The zero-order chi connectivity index (χ0) is 16.8. The summed E-state index contributed by atoms with van der Waals surface area (Å²) >= 11 is 0. The second-order valence-electron chi connectivity index (χ2n) is 4.49. The third kappa shape index (κ3) is 3.63. The van der Waals surface area contributed by atoms with E-state index in [-0.39, 0.29) is 23.6 Å². The van der Waals surface area contributed by atoms with Gasteiger partial charge < -0.3 is 9.47 Å². The Hall–Kier alpha value is -3.40. The predicted molar refractivity (Wildman–Crippen MR) is 79.9 cm³/mol. The van der Waals surface area contributed by atoms with Crippen LogP contribution >= 0.6 is 0 Å². The second-order valence-corrected chi connectivity index (χ2v) is 4.49. The van der Waals surface area contributed by atoms with Gasteiger partial charge in [-0.15, -0.1) is 0 Å². The van der Waals surface area contributed by atoms with E-state index in [2.05, 4.69) is 0 Å². The van der Waals surface area contributed by atoms with Crippen molar-refractivity contribution in [3.05, 3.63) is 69.3 Å². The Kier molecular flexibility index (Phi) is 4.89. The Bertz CT molecular complexity index is 795. The van der Waals surface area contributed by atoms with Crippen LogP contribution in [0, 0.1) is 21.4 Å². The maximum atomic E-state index is 12.0. The first-order valence-electron chi connectivity index (χ1n) is 6.54. The van der Waals surface area contributed by atoms with Gasteiger partial charge in [0.25, 0.3) is 0 Å². The number of nitriles is 1. The van der Waals surface area contributed by atoms with Gasteiger partial charge in [0, 0.05) is 11.6 Å². The minimum Gasteiger partial charge on any atom is -0.490 e. The molecule has 0 saturated heterocycles. The Morgan fingerprint density at radius 2 is 2.04 bits per heavy atom. The molecule has 0 radical (unpaired) electrons. The van der Waals surface area contributed by atoms with Crippen LogP contribution in [0.25, 0.3) is 0 Å². The van der Waals surface area contributed by atoms with Crippen molar-refractivity contribution in [2.75, 3.05) is 7.11 Å². The molecule has 2 aromatic rings. The quantitative estimate of drug-likeness (QED) is 0.478. The maximum absolute atomic E-state index is 12.0. The fraction of sp³-hybridized carbons (Fsp3) is 0.125. The smallest absolute Gasteiger partial charge is 0.338 e. The van der Waals surface area contributed by atoms with Gasteiger partial charge in [-0.05, 0) is 18.2 Å².